The van der Waals surface area contributed by atoms with Crippen molar-refractivity contribution in [3.63, 3.8) is 0 Å². The van der Waals surface area contributed by atoms with Crippen LogP contribution in [-0.4, -0.2) is 13.1 Å². The van der Waals surface area contributed by atoms with Crippen molar-refractivity contribution < 1.29 is 13.2 Å². The lowest BCUT2D eigenvalue weighted by Gasteiger charge is -2.43. The number of hydrogen-bond donors (Lipinski definition) is 1. The van der Waals surface area contributed by atoms with Gasteiger partial charge in [-0.25, -0.2) is 0 Å². The molecule has 2 rings (SSSR count). The molecule has 1 aromatic rings. The molecule has 1 aliphatic carbocycles. The Labute approximate surface area is 99.0 Å². The summed E-state index contributed by atoms with van der Waals surface area (Å²) in [6, 6.07) is 6.25. The van der Waals surface area contributed by atoms with E-state index < -0.39 is 11.7 Å². The highest BCUT2D eigenvalue weighted by molar-refractivity contribution is 5.35. The first-order valence-corrected chi connectivity index (χ1v) is 5.78. The minimum atomic E-state index is -4.25. The van der Waals surface area contributed by atoms with E-state index in [1.807, 2.05) is 14.0 Å². The van der Waals surface area contributed by atoms with Gasteiger partial charge in [-0.3, -0.25) is 0 Å². The number of alkyl halides is 3. The Kier molecular flexibility index (Phi) is 3.17. The van der Waals surface area contributed by atoms with Gasteiger partial charge in [0.25, 0.3) is 0 Å². The standard InChI is InChI=1S/C13H16F3N/c1-8-10(7-12(8)17-2)9-5-3-4-6-11(9)13(14,15)16/h3-6,8,10,12,17H,7H2,1-2H3. The largest absolute Gasteiger partial charge is 0.416 e. The summed E-state index contributed by atoms with van der Waals surface area (Å²) in [7, 11) is 1.85. The van der Waals surface area contributed by atoms with E-state index in [0.29, 0.717) is 11.6 Å². The van der Waals surface area contributed by atoms with E-state index in [0.717, 1.165) is 6.42 Å². The van der Waals surface area contributed by atoms with Gasteiger partial charge in [-0.15, -0.1) is 0 Å². The molecule has 1 saturated carbocycles. The normalized spacial score (nSPS) is 28.9. The van der Waals surface area contributed by atoms with Crippen LogP contribution >= 0.6 is 0 Å². The van der Waals surface area contributed by atoms with Crippen LogP contribution in [0.4, 0.5) is 13.2 Å². The zero-order valence-corrected chi connectivity index (χ0v) is 9.88. The molecule has 0 radical (unpaired) electrons. The predicted octanol–water partition coefficient (Wildman–Crippen LogP) is 3.42. The van der Waals surface area contributed by atoms with E-state index in [1.54, 1.807) is 12.1 Å². The molecule has 0 bridgehead atoms. The summed E-state index contributed by atoms with van der Waals surface area (Å²) in [5.74, 6) is 0.272. The van der Waals surface area contributed by atoms with Gasteiger partial charge in [-0.05, 0) is 36.9 Å². The Hall–Kier alpha value is -1.03. The Balaban J connectivity index is 2.29. The summed E-state index contributed by atoms with van der Waals surface area (Å²) >= 11 is 0. The lowest BCUT2D eigenvalue weighted by atomic mass is 9.66. The van der Waals surface area contributed by atoms with Crippen LogP contribution in [0, 0.1) is 5.92 Å². The van der Waals surface area contributed by atoms with Crippen molar-refractivity contribution in [1.82, 2.24) is 5.32 Å². The Morgan fingerprint density at radius 1 is 1.24 bits per heavy atom. The van der Waals surface area contributed by atoms with E-state index in [-0.39, 0.29) is 11.8 Å². The van der Waals surface area contributed by atoms with Gasteiger partial charge in [0.05, 0.1) is 5.56 Å². The van der Waals surface area contributed by atoms with Gasteiger partial charge in [0.1, 0.15) is 0 Å². The first-order valence-electron chi connectivity index (χ1n) is 5.78. The lowest BCUT2D eigenvalue weighted by Crippen LogP contribution is -2.46. The molecular weight excluding hydrogens is 227 g/mol. The second kappa shape index (κ2) is 4.33. The molecule has 3 atom stereocenters. The highest BCUT2D eigenvalue weighted by Gasteiger charge is 2.42. The number of rotatable bonds is 2. The monoisotopic (exact) mass is 243 g/mol. The SMILES string of the molecule is CNC1CC(c2ccccc2C(F)(F)F)C1C. The van der Waals surface area contributed by atoms with Crippen LogP contribution < -0.4 is 5.32 Å². The maximum Gasteiger partial charge on any atom is 0.416 e. The molecule has 0 saturated heterocycles. The quantitative estimate of drug-likeness (QED) is 0.839. The summed E-state index contributed by atoms with van der Waals surface area (Å²) < 4.78 is 38.6. The zero-order chi connectivity index (χ0) is 12.6. The van der Waals surface area contributed by atoms with Crippen molar-refractivity contribution in [2.24, 2.45) is 5.92 Å². The van der Waals surface area contributed by atoms with Crippen molar-refractivity contribution >= 4 is 0 Å². The minimum absolute atomic E-state index is 0.0188. The molecular formula is C13H16F3N. The summed E-state index contributed by atoms with van der Waals surface area (Å²) in [4.78, 5) is 0. The molecule has 94 valence electrons. The van der Waals surface area contributed by atoms with Crippen molar-refractivity contribution in [3.05, 3.63) is 35.4 Å². The van der Waals surface area contributed by atoms with Gasteiger partial charge in [-0.2, -0.15) is 13.2 Å². The van der Waals surface area contributed by atoms with Crippen LogP contribution in [0.25, 0.3) is 0 Å². The van der Waals surface area contributed by atoms with E-state index in [2.05, 4.69) is 5.32 Å². The molecule has 0 heterocycles. The summed E-state index contributed by atoms with van der Waals surface area (Å²) in [6.07, 6.45) is -3.47. The third-order valence-electron chi connectivity index (χ3n) is 3.81. The predicted molar refractivity (Wildman–Crippen MR) is 60.8 cm³/mol. The summed E-state index contributed by atoms with van der Waals surface area (Å²) in [5, 5.41) is 3.13. The topological polar surface area (TPSA) is 12.0 Å². The van der Waals surface area contributed by atoms with Gasteiger partial charge >= 0.3 is 6.18 Å². The maximum absolute atomic E-state index is 12.9. The third-order valence-corrected chi connectivity index (χ3v) is 3.81. The van der Waals surface area contributed by atoms with Gasteiger partial charge in [0, 0.05) is 6.04 Å². The van der Waals surface area contributed by atoms with Crippen LogP contribution in [0.15, 0.2) is 24.3 Å². The number of halogens is 3. The minimum Gasteiger partial charge on any atom is -0.317 e. The van der Waals surface area contributed by atoms with Gasteiger partial charge in [0.15, 0.2) is 0 Å². The molecule has 0 spiro atoms. The second-order valence-corrected chi connectivity index (χ2v) is 4.68. The Bertz CT molecular complexity index is 400. The number of hydrogen-bond acceptors (Lipinski definition) is 1. The van der Waals surface area contributed by atoms with Gasteiger partial charge in [0.2, 0.25) is 0 Å². The molecule has 17 heavy (non-hydrogen) atoms. The molecule has 1 aliphatic rings. The van der Waals surface area contributed by atoms with Gasteiger partial charge in [-0.1, -0.05) is 25.1 Å². The van der Waals surface area contributed by atoms with E-state index in [9.17, 15) is 13.2 Å². The fraction of sp³-hybridized carbons (Fsp3) is 0.538. The molecule has 1 nitrogen and oxygen atoms in total. The maximum atomic E-state index is 12.9. The van der Waals surface area contributed by atoms with Crippen LogP contribution in [0.3, 0.4) is 0 Å². The van der Waals surface area contributed by atoms with Crippen LogP contribution in [-0.2, 0) is 6.18 Å². The summed E-state index contributed by atoms with van der Waals surface area (Å²) in [5.41, 5.74) is -0.0367. The fourth-order valence-electron chi connectivity index (χ4n) is 2.66. The Morgan fingerprint density at radius 3 is 2.41 bits per heavy atom. The molecule has 0 aromatic heterocycles. The molecule has 0 amide bonds. The average Bonchev–Trinajstić information content (AvgIpc) is 2.27. The molecule has 1 fully saturated rings. The Morgan fingerprint density at radius 2 is 1.88 bits per heavy atom. The average molecular weight is 243 g/mol. The van der Waals surface area contributed by atoms with E-state index in [1.165, 1.54) is 12.1 Å². The molecule has 4 heteroatoms. The lowest BCUT2D eigenvalue weighted by molar-refractivity contribution is -0.138. The second-order valence-electron chi connectivity index (χ2n) is 4.68. The first-order chi connectivity index (χ1) is 7.95. The third kappa shape index (κ3) is 2.18. The highest BCUT2D eigenvalue weighted by Crippen LogP contribution is 2.46. The van der Waals surface area contributed by atoms with Crippen LogP contribution in [0.1, 0.15) is 30.4 Å². The molecule has 3 unspecified atom stereocenters. The molecule has 1 aromatic carbocycles. The van der Waals surface area contributed by atoms with E-state index >= 15 is 0 Å². The van der Waals surface area contributed by atoms with E-state index in [4.69, 9.17) is 0 Å². The number of nitrogens with one attached hydrogen (secondary N) is 1. The number of benzene rings is 1. The van der Waals surface area contributed by atoms with Crippen molar-refractivity contribution in [1.29, 1.82) is 0 Å². The summed E-state index contributed by atoms with van der Waals surface area (Å²) in [6.45, 7) is 2.00. The highest BCUT2D eigenvalue weighted by atomic mass is 19.4. The van der Waals surface area contributed by atoms with Crippen LogP contribution in [0.5, 0.6) is 0 Å². The molecule has 1 N–H and O–H groups in total. The van der Waals surface area contributed by atoms with Crippen molar-refractivity contribution in [2.75, 3.05) is 7.05 Å². The van der Waals surface area contributed by atoms with Crippen LogP contribution in [0.2, 0.25) is 0 Å². The van der Waals surface area contributed by atoms with Gasteiger partial charge < -0.3 is 5.32 Å². The smallest absolute Gasteiger partial charge is 0.317 e. The van der Waals surface area contributed by atoms with Crippen molar-refractivity contribution in [2.45, 2.75) is 31.5 Å². The van der Waals surface area contributed by atoms with Crippen molar-refractivity contribution in [3.8, 4) is 0 Å². The fourth-order valence-corrected chi connectivity index (χ4v) is 2.66. The zero-order valence-electron chi connectivity index (χ0n) is 9.88. The first kappa shape index (κ1) is 12.4. The molecule has 0 aliphatic heterocycles.